The molecular formula is C12H19N5O. The van der Waals surface area contributed by atoms with Crippen molar-refractivity contribution in [3.63, 3.8) is 0 Å². The first-order valence-corrected chi connectivity index (χ1v) is 5.99. The van der Waals surface area contributed by atoms with Gasteiger partial charge in [-0.25, -0.2) is 0 Å². The zero-order chi connectivity index (χ0) is 13.5. The number of aromatic nitrogens is 2. The highest BCUT2D eigenvalue weighted by Crippen LogP contribution is 2.08. The summed E-state index contributed by atoms with van der Waals surface area (Å²) in [6, 6.07) is 1.70. The smallest absolute Gasteiger partial charge is 0.244 e. The van der Waals surface area contributed by atoms with Gasteiger partial charge in [-0.15, -0.1) is 0 Å². The molecule has 1 aromatic heterocycles. The number of hydrogen-bond donors (Lipinski definition) is 1. The Bertz CT molecular complexity index is 434. The standard InChI is InChI=1S/C12H19N5O/c1-4-17-9-11(8-14-17)15-10(2)12(18)16(3)7-5-6-13/h8-10,15H,4-5,7H2,1-3H3/t10-/m1/s1. The molecule has 1 atom stereocenters. The van der Waals surface area contributed by atoms with E-state index >= 15 is 0 Å². The average molecular weight is 249 g/mol. The van der Waals surface area contributed by atoms with Crippen molar-refractivity contribution in [1.82, 2.24) is 14.7 Å². The van der Waals surface area contributed by atoms with Crippen LogP contribution in [0, 0.1) is 11.3 Å². The Balaban J connectivity index is 2.51. The van der Waals surface area contributed by atoms with E-state index in [4.69, 9.17) is 5.26 Å². The largest absolute Gasteiger partial charge is 0.371 e. The summed E-state index contributed by atoms with van der Waals surface area (Å²) in [5.41, 5.74) is 0.825. The maximum absolute atomic E-state index is 12.0. The first kappa shape index (κ1) is 14.0. The van der Waals surface area contributed by atoms with Crippen LogP contribution in [0.1, 0.15) is 20.3 Å². The number of anilines is 1. The van der Waals surface area contributed by atoms with Crippen LogP contribution in [0.25, 0.3) is 0 Å². The molecule has 1 rings (SSSR count). The highest BCUT2D eigenvalue weighted by molar-refractivity contribution is 5.83. The second-order valence-electron chi connectivity index (χ2n) is 4.12. The van der Waals surface area contributed by atoms with E-state index in [0.717, 1.165) is 12.2 Å². The lowest BCUT2D eigenvalue weighted by Gasteiger charge is -2.21. The van der Waals surface area contributed by atoms with E-state index in [2.05, 4.69) is 10.4 Å². The summed E-state index contributed by atoms with van der Waals surface area (Å²) in [6.07, 6.45) is 3.91. The maximum Gasteiger partial charge on any atom is 0.244 e. The number of rotatable bonds is 6. The van der Waals surface area contributed by atoms with E-state index in [1.807, 2.05) is 19.2 Å². The molecule has 0 spiro atoms. The minimum absolute atomic E-state index is 0.0329. The highest BCUT2D eigenvalue weighted by atomic mass is 16.2. The summed E-state index contributed by atoms with van der Waals surface area (Å²) < 4.78 is 1.79. The number of carbonyl (C=O) groups is 1. The van der Waals surface area contributed by atoms with E-state index in [9.17, 15) is 4.79 Å². The first-order chi connectivity index (χ1) is 8.58. The molecule has 98 valence electrons. The average Bonchev–Trinajstić information content (AvgIpc) is 2.82. The Morgan fingerprint density at radius 2 is 2.44 bits per heavy atom. The molecule has 0 bridgehead atoms. The molecule has 0 saturated carbocycles. The van der Waals surface area contributed by atoms with Crippen molar-refractivity contribution in [1.29, 1.82) is 5.26 Å². The third kappa shape index (κ3) is 3.77. The SMILES string of the molecule is CCn1cc(N[C@H](C)C(=O)N(C)CCC#N)cn1. The van der Waals surface area contributed by atoms with Gasteiger partial charge >= 0.3 is 0 Å². The van der Waals surface area contributed by atoms with Crippen LogP contribution in [0.2, 0.25) is 0 Å². The summed E-state index contributed by atoms with van der Waals surface area (Å²) in [4.78, 5) is 13.5. The minimum Gasteiger partial charge on any atom is -0.371 e. The molecule has 0 unspecified atom stereocenters. The molecule has 0 radical (unpaired) electrons. The summed E-state index contributed by atoms with van der Waals surface area (Å²) in [5, 5.41) is 15.7. The number of aryl methyl sites for hydroxylation is 1. The molecule has 1 heterocycles. The minimum atomic E-state index is -0.330. The molecule has 1 aromatic rings. The quantitative estimate of drug-likeness (QED) is 0.818. The maximum atomic E-state index is 12.0. The van der Waals surface area contributed by atoms with Crippen molar-refractivity contribution in [2.75, 3.05) is 18.9 Å². The fourth-order valence-corrected chi connectivity index (χ4v) is 1.58. The normalized spacial score (nSPS) is 11.7. The van der Waals surface area contributed by atoms with Gasteiger partial charge in [0.15, 0.2) is 0 Å². The number of hydrogen-bond acceptors (Lipinski definition) is 4. The van der Waals surface area contributed by atoms with Crippen molar-refractivity contribution >= 4 is 11.6 Å². The molecule has 0 aliphatic carbocycles. The molecule has 0 saturated heterocycles. The number of nitrogens with one attached hydrogen (secondary N) is 1. The molecule has 0 aliphatic heterocycles. The number of nitriles is 1. The van der Waals surface area contributed by atoms with E-state index in [0.29, 0.717) is 13.0 Å². The van der Waals surface area contributed by atoms with Gasteiger partial charge in [-0.05, 0) is 13.8 Å². The Labute approximate surface area is 107 Å². The fraction of sp³-hybridized carbons (Fsp3) is 0.583. The van der Waals surface area contributed by atoms with E-state index in [1.54, 1.807) is 29.7 Å². The molecule has 1 N–H and O–H groups in total. The Kier molecular flexibility index (Phi) is 5.18. The van der Waals surface area contributed by atoms with Crippen LogP contribution in [0.15, 0.2) is 12.4 Å². The van der Waals surface area contributed by atoms with Crippen molar-refractivity contribution in [3.05, 3.63) is 12.4 Å². The van der Waals surface area contributed by atoms with Gasteiger partial charge in [-0.2, -0.15) is 10.4 Å². The van der Waals surface area contributed by atoms with Crippen LogP contribution in [-0.2, 0) is 11.3 Å². The number of nitrogens with zero attached hydrogens (tertiary/aromatic N) is 4. The molecule has 0 fully saturated rings. The lowest BCUT2D eigenvalue weighted by atomic mass is 10.2. The van der Waals surface area contributed by atoms with E-state index in [-0.39, 0.29) is 11.9 Å². The summed E-state index contributed by atoms with van der Waals surface area (Å²) in [6.45, 7) is 5.05. The number of likely N-dealkylation sites (N-methyl/N-ethyl adjacent to an activating group) is 1. The zero-order valence-corrected chi connectivity index (χ0v) is 11.1. The third-order valence-corrected chi connectivity index (χ3v) is 2.65. The van der Waals surface area contributed by atoms with Gasteiger partial charge in [-0.3, -0.25) is 9.48 Å². The van der Waals surface area contributed by atoms with Crippen molar-refractivity contribution < 1.29 is 4.79 Å². The molecule has 18 heavy (non-hydrogen) atoms. The van der Waals surface area contributed by atoms with Crippen LogP contribution in [-0.4, -0.2) is 40.2 Å². The molecule has 6 nitrogen and oxygen atoms in total. The lowest BCUT2D eigenvalue weighted by molar-refractivity contribution is -0.130. The van der Waals surface area contributed by atoms with Gasteiger partial charge in [0.2, 0.25) is 5.91 Å². The second kappa shape index (κ2) is 6.64. The predicted octanol–water partition coefficient (Wildman–Crippen LogP) is 1.08. The second-order valence-corrected chi connectivity index (χ2v) is 4.12. The fourth-order valence-electron chi connectivity index (χ4n) is 1.58. The molecule has 0 aromatic carbocycles. The Morgan fingerprint density at radius 1 is 1.72 bits per heavy atom. The summed E-state index contributed by atoms with van der Waals surface area (Å²) in [7, 11) is 1.70. The third-order valence-electron chi connectivity index (χ3n) is 2.65. The molecule has 1 amide bonds. The van der Waals surface area contributed by atoms with Crippen molar-refractivity contribution in [3.8, 4) is 6.07 Å². The predicted molar refractivity (Wildman–Crippen MR) is 68.9 cm³/mol. The van der Waals surface area contributed by atoms with Gasteiger partial charge in [0, 0.05) is 26.3 Å². The monoisotopic (exact) mass is 249 g/mol. The van der Waals surface area contributed by atoms with Crippen LogP contribution >= 0.6 is 0 Å². The van der Waals surface area contributed by atoms with Crippen molar-refractivity contribution in [2.45, 2.75) is 32.9 Å². The molecule has 0 aliphatic rings. The van der Waals surface area contributed by atoms with E-state index < -0.39 is 0 Å². The van der Waals surface area contributed by atoms with E-state index in [1.165, 1.54) is 0 Å². The summed E-state index contributed by atoms with van der Waals surface area (Å²) >= 11 is 0. The topological polar surface area (TPSA) is 74.0 Å². The van der Waals surface area contributed by atoms with Crippen LogP contribution in [0.5, 0.6) is 0 Å². The van der Waals surface area contributed by atoms with Crippen molar-refractivity contribution in [2.24, 2.45) is 0 Å². The molecule has 6 heteroatoms. The molecular weight excluding hydrogens is 230 g/mol. The van der Waals surface area contributed by atoms with Gasteiger partial charge in [0.1, 0.15) is 6.04 Å². The van der Waals surface area contributed by atoms with Gasteiger partial charge in [0.25, 0.3) is 0 Å². The lowest BCUT2D eigenvalue weighted by Crippen LogP contribution is -2.39. The first-order valence-electron chi connectivity index (χ1n) is 5.99. The zero-order valence-electron chi connectivity index (χ0n) is 11.1. The van der Waals surface area contributed by atoms with Crippen LogP contribution < -0.4 is 5.32 Å². The van der Waals surface area contributed by atoms with Crippen LogP contribution in [0.3, 0.4) is 0 Å². The Hall–Kier alpha value is -2.03. The van der Waals surface area contributed by atoms with Gasteiger partial charge in [-0.1, -0.05) is 0 Å². The number of amides is 1. The number of carbonyl (C=O) groups excluding carboxylic acids is 1. The van der Waals surface area contributed by atoms with Gasteiger partial charge < -0.3 is 10.2 Å². The highest BCUT2D eigenvalue weighted by Gasteiger charge is 2.17. The van der Waals surface area contributed by atoms with Crippen LogP contribution in [0.4, 0.5) is 5.69 Å². The Morgan fingerprint density at radius 3 is 3.00 bits per heavy atom. The summed E-state index contributed by atoms with van der Waals surface area (Å²) in [5.74, 6) is -0.0329. The van der Waals surface area contributed by atoms with Gasteiger partial charge in [0.05, 0.1) is 24.4 Å².